The van der Waals surface area contributed by atoms with Gasteiger partial charge >= 0.3 is 0 Å². The third-order valence-electron chi connectivity index (χ3n) is 6.87. The highest BCUT2D eigenvalue weighted by molar-refractivity contribution is 7.11. The van der Waals surface area contributed by atoms with Crippen molar-refractivity contribution in [3.63, 3.8) is 0 Å². The molecule has 218 valence electrons. The predicted molar refractivity (Wildman–Crippen MR) is 166 cm³/mol. The fourth-order valence-electron chi connectivity index (χ4n) is 4.73. The van der Waals surface area contributed by atoms with Gasteiger partial charge in [-0.25, -0.2) is 8.78 Å². The molecule has 44 heavy (non-hydrogen) atoms. The largest absolute Gasteiger partial charge is 0.322 e. The Morgan fingerprint density at radius 3 is 2.45 bits per heavy atom. The minimum absolute atomic E-state index is 0.0644. The molecule has 0 radical (unpaired) electrons. The van der Waals surface area contributed by atoms with Crippen LogP contribution >= 0.6 is 11.3 Å². The Balaban J connectivity index is 1.16. The van der Waals surface area contributed by atoms with E-state index in [-0.39, 0.29) is 29.3 Å². The van der Waals surface area contributed by atoms with Crippen molar-refractivity contribution < 1.29 is 23.2 Å². The van der Waals surface area contributed by atoms with Crippen molar-refractivity contribution >= 4 is 57.8 Å². The maximum atomic E-state index is 13.6. The highest BCUT2D eigenvalue weighted by Gasteiger charge is 2.25. The molecule has 3 heterocycles. The topological polar surface area (TPSA) is 109 Å². The van der Waals surface area contributed by atoms with Crippen LogP contribution in [0.5, 0.6) is 0 Å². The number of aromatic nitrogens is 1. The van der Waals surface area contributed by atoms with Crippen LogP contribution in [0.1, 0.15) is 36.7 Å². The fraction of sp³-hybridized carbons (Fsp3) is 0.0303. The van der Waals surface area contributed by atoms with E-state index in [2.05, 4.69) is 16.0 Å². The van der Waals surface area contributed by atoms with Gasteiger partial charge in [0.25, 0.3) is 23.3 Å². The molecule has 6 rings (SSSR count). The van der Waals surface area contributed by atoms with Crippen LogP contribution in [0.25, 0.3) is 11.6 Å². The van der Waals surface area contributed by atoms with Crippen LogP contribution in [-0.4, -0.2) is 22.3 Å². The second-order valence-electron chi connectivity index (χ2n) is 9.88. The van der Waals surface area contributed by atoms with Crippen LogP contribution in [0.4, 0.5) is 25.8 Å². The molecule has 0 atom stereocenters. The number of carbonyl (C=O) groups is 3. The first-order chi connectivity index (χ1) is 21.2. The van der Waals surface area contributed by atoms with E-state index in [0.29, 0.717) is 28.1 Å². The van der Waals surface area contributed by atoms with Crippen LogP contribution in [0, 0.1) is 11.6 Å². The predicted octanol–water partition coefficient (Wildman–Crippen LogP) is 6.23. The molecule has 2 aromatic heterocycles. The highest BCUT2D eigenvalue weighted by Crippen LogP contribution is 2.35. The van der Waals surface area contributed by atoms with Crippen LogP contribution in [0.15, 0.2) is 101 Å². The van der Waals surface area contributed by atoms with Crippen LogP contribution in [-0.2, 0) is 11.3 Å². The van der Waals surface area contributed by atoms with Gasteiger partial charge in [-0.3, -0.25) is 19.2 Å². The van der Waals surface area contributed by atoms with E-state index in [4.69, 9.17) is 0 Å². The van der Waals surface area contributed by atoms with Crippen molar-refractivity contribution in [2.24, 2.45) is 0 Å². The van der Waals surface area contributed by atoms with Crippen LogP contribution in [0.2, 0.25) is 0 Å². The zero-order valence-corrected chi connectivity index (χ0v) is 23.6. The first kappa shape index (κ1) is 28.4. The summed E-state index contributed by atoms with van der Waals surface area (Å²) in [4.78, 5) is 52.6. The average molecular weight is 609 g/mol. The summed E-state index contributed by atoms with van der Waals surface area (Å²) in [5, 5.41) is 10.2. The van der Waals surface area contributed by atoms with Gasteiger partial charge in [0, 0.05) is 39.3 Å². The van der Waals surface area contributed by atoms with Gasteiger partial charge in [-0.2, -0.15) is 0 Å². The van der Waals surface area contributed by atoms with Crippen LogP contribution < -0.4 is 21.5 Å². The van der Waals surface area contributed by atoms with Crippen molar-refractivity contribution in [2.75, 3.05) is 16.0 Å². The summed E-state index contributed by atoms with van der Waals surface area (Å²) in [6.07, 6.45) is 3.24. The molecule has 3 N–H and O–H groups in total. The van der Waals surface area contributed by atoms with Gasteiger partial charge in [-0.1, -0.05) is 18.2 Å². The SMILES string of the molecule is O=C1Nc2ccc(NC(=O)c3cccc(NC(=O)c4cccn(Cc5ccc(F)c(F)c5)c4=O)c3)cc2/C1=C\c1cccs1. The van der Waals surface area contributed by atoms with E-state index in [1.165, 1.54) is 46.4 Å². The quantitative estimate of drug-likeness (QED) is 0.190. The number of hydrogen-bond donors (Lipinski definition) is 3. The number of amides is 3. The van der Waals surface area contributed by atoms with E-state index in [1.807, 2.05) is 17.5 Å². The second-order valence-corrected chi connectivity index (χ2v) is 10.9. The van der Waals surface area contributed by atoms with Crippen LogP contribution in [0.3, 0.4) is 0 Å². The maximum Gasteiger partial charge on any atom is 0.263 e. The van der Waals surface area contributed by atoms with Gasteiger partial charge in [-0.15, -0.1) is 11.3 Å². The molecule has 1 aliphatic heterocycles. The summed E-state index contributed by atoms with van der Waals surface area (Å²) in [5.41, 5.74) is 2.36. The number of nitrogens with one attached hydrogen (secondary N) is 3. The molecule has 3 aromatic carbocycles. The molecule has 0 unspecified atom stereocenters. The van der Waals surface area contributed by atoms with Crippen molar-refractivity contribution in [2.45, 2.75) is 6.54 Å². The number of nitrogens with zero attached hydrogens (tertiary/aromatic N) is 1. The first-order valence-electron chi connectivity index (χ1n) is 13.3. The second kappa shape index (κ2) is 11.9. The van der Waals surface area contributed by atoms with Crippen molar-refractivity contribution in [3.05, 3.63) is 146 Å². The number of carbonyl (C=O) groups excluding carboxylic acids is 3. The van der Waals surface area contributed by atoms with Gasteiger partial charge in [-0.05, 0) is 83.7 Å². The Labute approximate surface area is 253 Å². The maximum absolute atomic E-state index is 13.6. The number of benzene rings is 3. The smallest absolute Gasteiger partial charge is 0.263 e. The Bertz CT molecular complexity index is 2040. The Morgan fingerprint density at radius 2 is 1.66 bits per heavy atom. The number of anilines is 3. The van der Waals surface area contributed by atoms with E-state index >= 15 is 0 Å². The molecule has 0 saturated carbocycles. The molecule has 11 heteroatoms. The number of hydrogen-bond acceptors (Lipinski definition) is 5. The lowest BCUT2D eigenvalue weighted by molar-refractivity contribution is -0.110. The standard InChI is InChI=1S/C33H22F2N4O4S/c34-27-10-8-19(14-28(27)35)18-39-12-2-7-24(33(39)43)31(41)37-21-5-1-4-20(15-21)30(40)36-22-9-11-29-25(16-22)26(32(42)38-29)17-23-6-3-13-44-23/h1-17H,18H2,(H,36,40)(H,37,41)(H,38,42)/b26-17+. The molecular weight excluding hydrogens is 586 g/mol. The summed E-state index contributed by atoms with van der Waals surface area (Å²) >= 11 is 1.51. The van der Waals surface area contributed by atoms with Gasteiger partial charge in [0.15, 0.2) is 11.6 Å². The molecular formula is C33H22F2N4O4S. The van der Waals surface area contributed by atoms with Gasteiger partial charge in [0.1, 0.15) is 5.56 Å². The number of pyridine rings is 1. The fourth-order valence-corrected chi connectivity index (χ4v) is 5.39. The Morgan fingerprint density at radius 1 is 0.841 bits per heavy atom. The lowest BCUT2D eigenvalue weighted by Gasteiger charge is -2.11. The van der Waals surface area contributed by atoms with Crippen molar-refractivity contribution in [1.29, 1.82) is 0 Å². The zero-order chi connectivity index (χ0) is 30.8. The number of fused-ring (bicyclic) bond motifs is 1. The van der Waals surface area contributed by atoms with E-state index in [9.17, 15) is 28.0 Å². The molecule has 0 spiro atoms. The molecule has 1 aliphatic rings. The highest BCUT2D eigenvalue weighted by atomic mass is 32.1. The third-order valence-corrected chi connectivity index (χ3v) is 7.69. The van der Waals surface area contributed by atoms with Crippen molar-refractivity contribution in [3.8, 4) is 0 Å². The van der Waals surface area contributed by atoms with Crippen molar-refractivity contribution in [1.82, 2.24) is 4.57 Å². The van der Waals surface area contributed by atoms with Gasteiger partial charge < -0.3 is 20.5 Å². The van der Waals surface area contributed by atoms with Gasteiger partial charge in [0.2, 0.25) is 0 Å². The number of rotatable bonds is 7. The first-order valence-corrected chi connectivity index (χ1v) is 14.2. The Hall–Kier alpha value is -5.68. The minimum Gasteiger partial charge on any atom is -0.322 e. The van der Waals surface area contributed by atoms with E-state index < -0.39 is 29.0 Å². The Kier molecular flexibility index (Phi) is 7.69. The summed E-state index contributed by atoms with van der Waals surface area (Å²) in [6.45, 7) is -0.0644. The third kappa shape index (κ3) is 5.94. The number of thiophene rings is 1. The molecule has 0 aliphatic carbocycles. The molecule has 3 amide bonds. The lowest BCUT2D eigenvalue weighted by atomic mass is 10.1. The van der Waals surface area contributed by atoms with E-state index in [1.54, 1.807) is 42.5 Å². The minimum atomic E-state index is -1.03. The lowest BCUT2D eigenvalue weighted by Crippen LogP contribution is -2.29. The molecule has 8 nitrogen and oxygen atoms in total. The normalized spacial score (nSPS) is 13.0. The molecule has 0 saturated heterocycles. The monoisotopic (exact) mass is 608 g/mol. The summed E-state index contributed by atoms with van der Waals surface area (Å²) < 4.78 is 28.1. The van der Waals surface area contributed by atoms with E-state index in [0.717, 1.165) is 17.0 Å². The average Bonchev–Trinajstić information content (AvgIpc) is 3.64. The van der Waals surface area contributed by atoms with Gasteiger partial charge in [0.05, 0.1) is 12.1 Å². The summed E-state index contributed by atoms with van der Waals surface area (Å²) in [6, 6.07) is 21.3. The molecule has 0 bridgehead atoms. The number of halogens is 2. The molecule has 5 aromatic rings. The molecule has 0 fully saturated rings. The summed E-state index contributed by atoms with van der Waals surface area (Å²) in [7, 11) is 0. The zero-order valence-electron chi connectivity index (χ0n) is 22.8. The summed E-state index contributed by atoms with van der Waals surface area (Å²) in [5.74, 6) is -3.41.